The first-order valence-corrected chi connectivity index (χ1v) is 7.00. The molecule has 0 saturated carbocycles. The number of halogens is 2. The SMILES string of the molecule is N#Cc1cc(-c2nc(-c3ccc(Cl)c(Br)c3)no2)ccn1. The molecule has 0 aliphatic carbocycles. The zero-order valence-electron chi connectivity index (χ0n) is 10.4. The van der Waals surface area contributed by atoms with Crippen molar-refractivity contribution in [1.82, 2.24) is 15.1 Å². The van der Waals surface area contributed by atoms with Crippen LogP contribution in [0.25, 0.3) is 22.8 Å². The molecule has 21 heavy (non-hydrogen) atoms. The average molecular weight is 362 g/mol. The van der Waals surface area contributed by atoms with Crippen molar-refractivity contribution in [2.45, 2.75) is 0 Å². The molecule has 3 rings (SSSR count). The molecular formula is C14H6BrClN4O. The first-order valence-electron chi connectivity index (χ1n) is 5.83. The molecule has 5 nitrogen and oxygen atoms in total. The highest BCUT2D eigenvalue weighted by Crippen LogP contribution is 2.28. The lowest BCUT2D eigenvalue weighted by Gasteiger charge is -1.97. The van der Waals surface area contributed by atoms with Gasteiger partial charge in [-0.05, 0) is 46.3 Å². The van der Waals surface area contributed by atoms with Crippen molar-refractivity contribution < 1.29 is 4.52 Å². The van der Waals surface area contributed by atoms with Crippen LogP contribution in [0.1, 0.15) is 5.69 Å². The Morgan fingerprint density at radius 1 is 1.19 bits per heavy atom. The van der Waals surface area contributed by atoms with E-state index >= 15 is 0 Å². The van der Waals surface area contributed by atoms with Gasteiger partial charge < -0.3 is 4.52 Å². The van der Waals surface area contributed by atoms with Crippen LogP contribution in [-0.4, -0.2) is 15.1 Å². The lowest BCUT2D eigenvalue weighted by molar-refractivity contribution is 0.432. The van der Waals surface area contributed by atoms with Crippen molar-refractivity contribution in [2.24, 2.45) is 0 Å². The summed E-state index contributed by atoms with van der Waals surface area (Å²) in [5.41, 5.74) is 1.71. The molecular weight excluding hydrogens is 356 g/mol. The van der Waals surface area contributed by atoms with E-state index in [0.717, 1.165) is 10.0 Å². The second-order valence-electron chi connectivity index (χ2n) is 4.09. The first-order chi connectivity index (χ1) is 10.2. The third kappa shape index (κ3) is 2.79. The quantitative estimate of drug-likeness (QED) is 0.687. The third-order valence-electron chi connectivity index (χ3n) is 2.73. The lowest BCUT2D eigenvalue weighted by Crippen LogP contribution is -1.85. The highest BCUT2D eigenvalue weighted by atomic mass is 79.9. The fraction of sp³-hybridized carbons (Fsp3) is 0. The molecule has 7 heteroatoms. The van der Waals surface area contributed by atoms with Gasteiger partial charge in [-0.1, -0.05) is 16.8 Å². The summed E-state index contributed by atoms with van der Waals surface area (Å²) >= 11 is 9.31. The van der Waals surface area contributed by atoms with Crippen molar-refractivity contribution in [1.29, 1.82) is 5.26 Å². The van der Waals surface area contributed by atoms with Crippen molar-refractivity contribution in [2.75, 3.05) is 0 Å². The number of nitriles is 1. The maximum Gasteiger partial charge on any atom is 0.258 e. The first kappa shape index (κ1) is 13.7. The predicted octanol–water partition coefficient (Wildman–Crippen LogP) is 4.09. The standard InChI is InChI=1S/C14H6BrClN4O/c15-11-6-8(1-2-12(11)16)13-19-14(21-20-13)9-3-4-18-10(5-9)7-17/h1-6H. The highest BCUT2D eigenvalue weighted by molar-refractivity contribution is 9.10. The van der Waals surface area contributed by atoms with E-state index in [2.05, 4.69) is 31.1 Å². The lowest BCUT2D eigenvalue weighted by atomic mass is 10.2. The Morgan fingerprint density at radius 3 is 2.81 bits per heavy atom. The van der Waals surface area contributed by atoms with Gasteiger partial charge >= 0.3 is 0 Å². The molecule has 0 radical (unpaired) electrons. The molecule has 0 unspecified atom stereocenters. The fourth-order valence-electron chi connectivity index (χ4n) is 1.72. The summed E-state index contributed by atoms with van der Waals surface area (Å²) in [6.45, 7) is 0. The Bertz CT molecular complexity index is 856. The van der Waals surface area contributed by atoms with E-state index in [4.69, 9.17) is 21.4 Å². The molecule has 0 bridgehead atoms. The molecule has 0 aliphatic heterocycles. The number of hydrogen-bond acceptors (Lipinski definition) is 5. The van der Waals surface area contributed by atoms with Gasteiger partial charge in [0.05, 0.1) is 5.02 Å². The minimum absolute atomic E-state index is 0.293. The molecule has 0 spiro atoms. The van der Waals surface area contributed by atoms with E-state index < -0.39 is 0 Å². The average Bonchev–Trinajstić information content (AvgIpc) is 3.00. The number of benzene rings is 1. The van der Waals surface area contributed by atoms with Gasteiger partial charge in [0, 0.05) is 21.8 Å². The largest absolute Gasteiger partial charge is 0.334 e. The molecule has 2 aromatic heterocycles. The van der Waals surface area contributed by atoms with Gasteiger partial charge in [0.1, 0.15) is 11.8 Å². The second-order valence-corrected chi connectivity index (χ2v) is 5.36. The second kappa shape index (κ2) is 5.64. The number of nitrogens with zero attached hydrogens (tertiary/aromatic N) is 4. The summed E-state index contributed by atoms with van der Waals surface area (Å²) < 4.78 is 5.98. The number of aromatic nitrogens is 3. The fourth-order valence-corrected chi connectivity index (χ4v) is 2.21. The van der Waals surface area contributed by atoms with Crippen LogP contribution in [0, 0.1) is 11.3 Å². The topological polar surface area (TPSA) is 75.6 Å². The molecule has 0 atom stereocenters. The molecule has 2 heterocycles. The molecule has 0 saturated heterocycles. The zero-order valence-corrected chi connectivity index (χ0v) is 12.8. The van der Waals surface area contributed by atoms with Crippen LogP contribution in [0.5, 0.6) is 0 Å². The summed E-state index contributed by atoms with van der Waals surface area (Å²) in [5.74, 6) is 0.771. The maximum atomic E-state index is 8.85. The van der Waals surface area contributed by atoms with Crippen LogP contribution in [0.4, 0.5) is 0 Å². The molecule has 102 valence electrons. The van der Waals surface area contributed by atoms with Crippen LogP contribution in [0.2, 0.25) is 5.02 Å². The smallest absolute Gasteiger partial charge is 0.258 e. The zero-order chi connectivity index (χ0) is 14.8. The van der Waals surface area contributed by atoms with Gasteiger partial charge in [-0.15, -0.1) is 0 Å². The summed E-state index contributed by atoms with van der Waals surface area (Å²) in [5, 5.41) is 13.4. The number of hydrogen-bond donors (Lipinski definition) is 0. The Labute approximate surface area is 133 Å². The van der Waals surface area contributed by atoms with Crippen LogP contribution in [0.15, 0.2) is 45.5 Å². The summed E-state index contributed by atoms with van der Waals surface area (Å²) in [7, 11) is 0. The molecule has 0 N–H and O–H groups in total. The maximum absolute atomic E-state index is 8.85. The van der Waals surface area contributed by atoms with Gasteiger partial charge in [-0.25, -0.2) is 4.98 Å². The van der Waals surface area contributed by atoms with Gasteiger partial charge in [0.15, 0.2) is 0 Å². The van der Waals surface area contributed by atoms with Crippen molar-refractivity contribution in [3.63, 3.8) is 0 Å². The highest BCUT2D eigenvalue weighted by Gasteiger charge is 2.12. The van der Waals surface area contributed by atoms with Crippen molar-refractivity contribution in [3.05, 3.63) is 51.7 Å². The Morgan fingerprint density at radius 2 is 2.05 bits per heavy atom. The van der Waals surface area contributed by atoms with E-state index in [1.807, 2.05) is 12.1 Å². The van der Waals surface area contributed by atoms with E-state index in [1.165, 1.54) is 6.20 Å². The Hall–Kier alpha value is -2.23. The molecule has 3 aromatic rings. The Kier molecular flexibility index (Phi) is 3.69. The normalized spacial score (nSPS) is 10.3. The molecule has 0 fully saturated rings. The van der Waals surface area contributed by atoms with E-state index in [9.17, 15) is 0 Å². The monoisotopic (exact) mass is 360 g/mol. The molecule has 0 aliphatic rings. The minimum Gasteiger partial charge on any atom is -0.334 e. The van der Waals surface area contributed by atoms with Crippen LogP contribution < -0.4 is 0 Å². The molecule has 0 amide bonds. The van der Waals surface area contributed by atoms with Crippen molar-refractivity contribution in [3.8, 4) is 28.9 Å². The van der Waals surface area contributed by atoms with Crippen LogP contribution in [-0.2, 0) is 0 Å². The van der Waals surface area contributed by atoms with Crippen LogP contribution in [0.3, 0.4) is 0 Å². The van der Waals surface area contributed by atoms with E-state index in [1.54, 1.807) is 24.3 Å². The predicted molar refractivity (Wildman–Crippen MR) is 80.4 cm³/mol. The van der Waals surface area contributed by atoms with Gasteiger partial charge in [0.2, 0.25) is 5.82 Å². The van der Waals surface area contributed by atoms with Gasteiger partial charge in [0.25, 0.3) is 5.89 Å². The third-order valence-corrected chi connectivity index (χ3v) is 3.94. The van der Waals surface area contributed by atoms with Crippen LogP contribution >= 0.6 is 27.5 Å². The number of rotatable bonds is 2. The Balaban J connectivity index is 1.99. The summed E-state index contributed by atoms with van der Waals surface area (Å²) in [6.07, 6.45) is 1.52. The van der Waals surface area contributed by atoms with Crippen molar-refractivity contribution >= 4 is 27.5 Å². The number of pyridine rings is 1. The van der Waals surface area contributed by atoms with E-state index in [0.29, 0.717) is 28.0 Å². The van der Waals surface area contributed by atoms with Gasteiger partial charge in [-0.2, -0.15) is 10.2 Å². The van der Waals surface area contributed by atoms with E-state index in [-0.39, 0.29) is 0 Å². The summed E-state index contributed by atoms with van der Waals surface area (Å²) in [6, 6.07) is 10.6. The summed E-state index contributed by atoms with van der Waals surface area (Å²) in [4.78, 5) is 8.22. The molecule has 1 aromatic carbocycles. The minimum atomic E-state index is 0.293. The van der Waals surface area contributed by atoms with Gasteiger partial charge in [-0.3, -0.25) is 0 Å².